The minimum absolute atomic E-state index is 0.0197. The van der Waals surface area contributed by atoms with Crippen molar-refractivity contribution < 1.29 is 14.1 Å². The van der Waals surface area contributed by atoms with E-state index in [1.807, 2.05) is 57.2 Å². The van der Waals surface area contributed by atoms with Crippen molar-refractivity contribution >= 4 is 6.03 Å². The van der Waals surface area contributed by atoms with Gasteiger partial charge in [0, 0.05) is 31.0 Å². The molecule has 3 aromatic rings. The normalized spacial score (nSPS) is 16.0. The van der Waals surface area contributed by atoms with Crippen molar-refractivity contribution in [3.63, 3.8) is 0 Å². The average molecular weight is 421 g/mol. The summed E-state index contributed by atoms with van der Waals surface area (Å²) in [6.45, 7) is 7.86. The summed E-state index contributed by atoms with van der Waals surface area (Å²) < 4.78 is 11.4. The monoisotopic (exact) mass is 420 g/mol. The fourth-order valence-electron chi connectivity index (χ4n) is 3.47. The van der Waals surface area contributed by atoms with Crippen LogP contribution in [-0.4, -0.2) is 40.3 Å². The highest BCUT2D eigenvalue weighted by atomic mass is 16.5. The summed E-state index contributed by atoms with van der Waals surface area (Å²) in [5.41, 5.74) is 3.18. The number of hydrogen-bond donors (Lipinski definition) is 1. The van der Waals surface area contributed by atoms with Gasteiger partial charge >= 0.3 is 6.03 Å². The summed E-state index contributed by atoms with van der Waals surface area (Å²) in [6.07, 6.45) is 0.788. The Morgan fingerprint density at radius 2 is 1.94 bits per heavy atom. The second-order valence-electron chi connectivity index (χ2n) is 8.25. The lowest BCUT2D eigenvalue weighted by atomic mass is 10.1. The van der Waals surface area contributed by atoms with Gasteiger partial charge in [-0.2, -0.15) is 4.98 Å². The number of nitrogens with one attached hydrogen (secondary N) is 1. The van der Waals surface area contributed by atoms with E-state index in [2.05, 4.69) is 27.6 Å². The van der Waals surface area contributed by atoms with E-state index >= 15 is 0 Å². The Kier molecular flexibility index (Phi) is 6.21. The summed E-state index contributed by atoms with van der Waals surface area (Å²) >= 11 is 0. The SMILES string of the molecule is Cc1ccc(CNC(=O)N2CCC(Oc3ccc(-c4noc(C(C)C)n4)cc3)C2)cc1. The van der Waals surface area contributed by atoms with E-state index in [1.165, 1.54) is 5.56 Å². The van der Waals surface area contributed by atoms with Gasteiger partial charge in [0.1, 0.15) is 11.9 Å². The first kappa shape index (κ1) is 20.9. The molecule has 7 heteroatoms. The van der Waals surface area contributed by atoms with E-state index in [-0.39, 0.29) is 18.1 Å². The quantitative estimate of drug-likeness (QED) is 0.634. The van der Waals surface area contributed by atoms with Crippen LogP contribution in [0, 0.1) is 6.92 Å². The smallest absolute Gasteiger partial charge is 0.317 e. The maximum absolute atomic E-state index is 12.5. The first-order valence-electron chi connectivity index (χ1n) is 10.7. The van der Waals surface area contributed by atoms with Crippen LogP contribution < -0.4 is 10.1 Å². The number of carbonyl (C=O) groups is 1. The third-order valence-corrected chi connectivity index (χ3v) is 5.35. The molecule has 1 aliphatic rings. The molecule has 0 aliphatic carbocycles. The zero-order valence-electron chi connectivity index (χ0n) is 18.2. The minimum Gasteiger partial charge on any atom is -0.489 e. The van der Waals surface area contributed by atoms with Crippen LogP contribution in [0.4, 0.5) is 4.79 Å². The fourth-order valence-corrected chi connectivity index (χ4v) is 3.47. The zero-order valence-corrected chi connectivity index (χ0v) is 18.2. The predicted molar refractivity (Wildman–Crippen MR) is 118 cm³/mol. The fraction of sp³-hybridized carbons (Fsp3) is 0.375. The largest absolute Gasteiger partial charge is 0.489 e. The lowest BCUT2D eigenvalue weighted by Crippen LogP contribution is -2.39. The Labute approximate surface area is 182 Å². The molecule has 1 saturated heterocycles. The summed E-state index contributed by atoms with van der Waals surface area (Å²) in [5, 5.41) is 7.02. The van der Waals surface area contributed by atoms with Crippen LogP contribution >= 0.6 is 0 Å². The topological polar surface area (TPSA) is 80.5 Å². The number of carbonyl (C=O) groups excluding carboxylic acids is 1. The highest BCUT2D eigenvalue weighted by Crippen LogP contribution is 2.24. The maximum atomic E-state index is 12.5. The van der Waals surface area contributed by atoms with Crippen molar-refractivity contribution in [2.75, 3.05) is 13.1 Å². The first-order valence-corrected chi connectivity index (χ1v) is 10.7. The Morgan fingerprint density at radius 1 is 1.19 bits per heavy atom. The molecule has 7 nitrogen and oxygen atoms in total. The van der Waals surface area contributed by atoms with Crippen LogP contribution in [0.5, 0.6) is 5.75 Å². The van der Waals surface area contributed by atoms with E-state index in [1.54, 1.807) is 4.90 Å². The van der Waals surface area contributed by atoms with Crippen LogP contribution in [0.15, 0.2) is 53.1 Å². The number of hydrogen-bond acceptors (Lipinski definition) is 5. The molecule has 1 atom stereocenters. The Morgan fingerprint density at radius 3 is 2.61 bits per heavy atom. The number of aromatic nitrogens is 2. The van der Waals surface area contributed by atoms with Gasteiger partial charge in [-0.05, 0) is 36.8 Å². The summed E-state index contributed by atoms with van der Waals surface area (Å²) in [6, 6.07) is 15.8. The number of aryl methyl sites for hydroxylation is 1. The Hall–Kier alpha value is -3.35. The molecule has 0 saturated carbocycles. The molecule has 1 fully saturated rings. The second-order valence-corrected chi connectivity index (χ2v) is 8.25. The molecule has 162 valence electrons. The van der Waals surface area contributed by atoms with Gasteiger partial charge in [0.25, 0.3) is 0 Å². The molecule has 0 radical (unpaired) electrons. The standard InChI is InChI=1S/C24H28N4O3/c1-16(2)23-26-22(27-31-23)19-8-10-20(11-9-19)30-21-12-13-28(15-21)24(29)25-14-18-6-4-17(3)5-7-18/h4-11,16,21H,12-15H2,1-3H3,(H,25,29). The van der Waals surface area contributed by atoms with Crippen LogP contribution in [-0.2, 0) is 6.54 Å². The number of nitrogens with zero attached hydrogens (tertiary/aromatic N) is 3. The lowest BCUT2D eigenvalue weighted by Gasteiger charge is -2.18. The second kappa shape index (κ2) is 9.20. The molecule has 1 N–H and O–H groups in total. The lowest BCUT2D eigenvalue weighted by molar-refractivity contribution is 0.186. The number of rotatable bonds is 6. The predicted octanol–water partition coefficient (Wildman–Crippen LogP) is 4.53. The van der Waals surface area contributed by atoms with E-state index in [0.717, 1.165) is 23.3 Å². The van der Waals surface area contributed by atoms with Gasteiger partial charge in [0.05, 0.1) is 6.54 Å². The number of benzene rings is 2. The Balaban J connectivity index is 1.27. The molecule has 0 bridgehead atoms. The molecule has 2 amide bonds. The van der Waals surface area contributed by atoms with Crippen molar-refractivity contribution in [2.45, 2.75) is 45.8 Å². The molecular formula is C24H28N4O3. The Bertz CT molecular complexity index is 1010. The molecule has 31 heavy (non-hydrogen) atoms. The van der Waals surface area contributed by atoms with Crippen LogP contribution in [0.2, 0.25) is 0 Å². The van der Waals surface area contributed by atoms with E-state index in [0.29, 0.717) is 31.3 Å². The number of ether oxygens (including phenoxy) is 1. The molecule has 2 aromatic carbocycles. The minimum atomic E-state index is -0.0555. The van der Waals surface area contributed by atoms with Crippen LogP contribution in [0.3, 0.4) is 0 Å². The van der Waals surface area contributed by atoms with Gasteiger partial charge in [-0.15, -0.1) is 0 Å². The molecule has 1 aromatic heterocycles. The molecular weight excluding hydrogens is 392 g/mol. The van der Waals surface area contributed by atoms with Crippen LogP contribution in [0.1, 0.15) is 43.2 Å². The molecule has 0 spiro atoms. The molecule has 4 rings (SSSR count). The van der Waals surface area contributed by atoms with E-state index in [9.17, 15) is 4.79 Å². The van der Waals surface area contributed by atoms with E-state index < -0.39 is 0 Å². The zero-order chi connectivity index (χ0) is 21.8. The van der Waals surface area contributed by atoms with Gasteiger partial charge in [-0.1, -0.05) is 48.8 Å². The van der Waals surface area contributed by atoms with E-state index in [4.69, 9.17) is 9.26 Å². The van der Waals surface area contributed by atoms with Crippen molar-refractivity contribution in [3.05, 3.63) is 65.5 Å². The number of amides is 2. The highest BCUT2D eigenvalue weighted by molar-refractivity contribution is 5.74. The molecule has 1 aliphatic heterocycles. The van der Waals surface area contributed by atoms with Crippen LogP contribution in [0.25, 0.3) is 11.4 Å². The maximum Gasteiger partial charge on any atom is 0.317 e. The third kappa shape index (κ3) is 5.23. The van der Waals surface area contributed by atoms with Gasteiger partial charge < -0.3 is 19.5 Å². The van der Waals surface area contributed by atoms with Gasteiger partial charge in [-0.25, -0.2) is 4.79 Å². The molecule has 1 unspecified atom stereocenters. The number of urea groups is 1. The van der Waals surface area contributed by atoms with Gasteiger partial charge in [-0.3, -0.25) is 0 Å². The summed E-state index contributed by atoms with van der Waals surface area (Å²) in [7, 11) is 0. The number of likely N-dealkylation sites (tertiary alicyclic amines) is 1. The third-order valence-electron chi connectivity index (χ3n) is 5.35. The van der Waals surface area contributed by atoms with Crippen molar-refractivity contribution in [1.29, 1.82) is 0 Å². The molecule has 2 heterocycles. The van der Waals surface area contributed by atoms with Crippen molar-refractivity contribution in [2.24, 2.45) is 0 Å². The van der Waals surface area contributed by atoms with Gasteiger partial charge in [0.2, 0.25) is 11.7 Å². The summed E-state index contributed by atoms with van der Waals surface area (Å²) in [4.78, 5) is 18.7. The average Bonchev–Trinajstić information content (AvgIpc) is 3.44. The first-order chi connectivity index (χ1) is 15.0. The highest BCUT2D eigenvalue weighted by Gasteiger charge is 2.27. The van der Waals surface area contributed by atoms with Crippen molar-refractivity contribution in [1.82, 2.24) is 20.4 Å². The summed E-state index contributed by atoms with van der Waals surface area (Å²) in [5.74, 6) is 2.17. The van der Waals surface area contributed by atoms with Crippen molar-refractivity contribution in [3.8, 4) is 17.1 Å². The van der Waals surface area contributed by atoms with Gasteiger partial charge in [0.15, 0.2) is 0 Å².